The maximum atomic E-state index is 12.0. The van der Waals surface area contributed by atoms with Gasteiger partial charge >= 0.3 is 5.97 Å². The van der Waals surface area contributed by atoms with E-state index in [2.05, 4.69) is 20.4 Å². The van der Waals surface area contributed by atoms with Crippen LogP contribution in [0.2, 0.25) is 0 Å². The van der Waals surface area contributed by atoms with Crippen LogP contribution in [0.3, 0.4) is 0 Å². The summed E-state index contributed by atoms with van der Waals surface area (Å²) in [6.07, 6.45) is 4.35. The molecule has 1 aliphatic rings. The molecule has 0 unspecified atom stereocenters. The molecule has 1 N–H and O–H groups in total. The molecule has 3 atom stereocenters. The summed E-state index contributed by atoms with van der Waals surface area (Å²) in [4.78, 5) is 12.0. The fourth-order valence-electron chi connectivity index (χ4n) is 2.72. The van der Waals surface area contributed by atoms with Crippen molar-refractivity contribution < 1.29 is 24.1 Å². The number of ether oxygens (including phenoxy) is 3. The summed E-state index contributed by atoms with van der Waals surface area (Å²) in [5, 5.41) is 9.09. The number of aliphatic hydroxyl groups excluding tert-OH is 1. The molecule has 0 saturated carbocycles. The Kier molecular flexibility index (Phi) is 8.20. The van der Waals surface area contributed by atoms with Gasteiger partial charge in [0.1, 0.15) is 6.61 Å². The number of rotatable bonds is 9. The topological polar surface area (TPSA) is 65.0 Å². The third-order valence-electron chi connectivity index (χ3n) is 3.76. The Bertz CT molecular complexity index is 389. The van der Waals surface area contributed by atoms with Crippen molar-refractivity contribution in [3.8, 4) is 0 Å². The lowest BCUT2D eigenvalue weighted by Gasteiger charge is -2.38. The molecule has 0 amide bonds. The molecule has 22 heavy (non-hydrogen) atoms. The van der Waals surface area contributed by atoms with Crippen LogP contribution in [-0.2, 0) is 19.0 Å². The zero-order valence-electron chi connectivity index (χ0n) is 13.8. The zero-order valence-corrected chi connectivity index (χ0v) is 13.8. The van der Waals surface area contributed by atoms with E-state index in [9.17, 15) is 4.79 Å². The van der Waals surface area contributed by atoms with E-state index < -0.39 is 12.3 Å². The highest BCUT2D eigenvalue weighted by Gasteiger charge is 2.38. The van der Waals surface area contributed by atoms with Gasteiger partial charge in [0.25, 0.3) is 0 Å². The highest BCUT2D eigenvalue weighted by atomic mass is 16.7. The van der Waals surface area contributed by atoms with Crippen molar-refractivity contribution in [3.05, 3.63) is 24.5 Å². The largest absolute Gasteiger partial charge is 0.457 e. The maximum absolute atomic E-state index is 12.0. The number of carbonyl (C=O) groups is 1. The van der Waals surface area contributed by atoms with Crippen LogP contribution >= 0.6 is 0 Å². The predicted molar refractivity (Wildman–Crippen MR) is 83.9 cm³/mol. The molecular weight excluding hydrogens is 284 g/mol. The van der Waals surface area contributed by atoms with Crippen molar-refractivity contribution in [2.24, 2.45) is 17.8 Å². The minimum absolute atomic E-state index is 0.114. The first-order chi connectivity index (χ1) is 10.5. The predicted octanol–water partition coefficient (Wildman–Crippen LogP) is 2.65. The number of allylic oxidation sites excluding steroid dienone is 1. The number of aliphatic hydroxyl groups is 1. The first-order valence-electron chi connectivity index (χ1n) is 7.94. The van der Waals surface area contributed by atoms with E-state index in [4.69, 9.17) is 19.3 Å². The SMILES string of the molecule is C=CCOC(=O)C1=C[C@@H](C(C)C)[C@H](CCCO)[C@@H](OCC)O1. The maximum Gasteiger partial charge on any atom is 0.373 e. The van der Waals surface area contributed by atoms with Crippen LogP contribution in [0.4, 0.5) is 0 Å². The van der Waals surface area contributed by atoms with Crippen LogP contribution in [0.5, 0.6) is 0 Å². The van der Waals surface area contributed by atoms with E-state index in [-0.39, 0.29) is 30.8 Å². The number of hydrogen-bond donors (Lipinski definition) is 1. The van der Waals surface area contributed by atoms with Crippen LogP contribution in [-0.4, -0.2) is 37.2 Å². The van der Waals surface area contributed by atoms with Crippen LogP contribution in [0, 0.1) is 17.8 Å². The van der Waals surface area contributed by atoms with Gasteiger partial charge in [-0.05, 0) is 37.7 Å². The Hall–Kier alpha value is -1.33. The molecule has 1 heterocycles. The molecule has 5 heteroatoms. The van der Waals surface area contributed by atoms with Gasteiger partial charge in [0.05, 0.1) is 0 Å². The highest BCUT2D eigenvalue weighted by molar-refractivity contribution is 5.86. The molecule has 0 aromatic heterocycles. The van der Waals surface area contributed by atoms with Gasteiger partial charge in [-0.25, -0.2) is 4.79 Å². The number of esters is 1. The number of hydrogen-bond acceptors (Lipinski definition) is 5. The second-order valence-electron chi connectivity index (χ2n) is 5.71. The summed E-state index contributed by atoms with van der Waals surface area (Å²) in [5.41, 5.74) is 0. The second-order valence-corrected chi connectivity index (χ2v) is 5.71. The Morgan fingerprint density at radius 3 is 2.82 bits per heavy atom. The van der Waals surface area contributed by atoms with Gasteiger partial charge in [-0.1, -0.05) is 26.5 Å². The lowest BCUT2D eigenvalue weighted by atomic mass is 9.78. The molecule has 5 nitrogen and oxygen atoms in total. The van der Waals surface area contributed by atoms with Crippen molar-refractivity contribution >= 4 is 5.97 Å². The quantitative estimate of drug-likeness (QED) is 0.524. The van der Waals surface area contributed by atoms with Gasteiger partial charge in [0.2, 0.25) is 12.0 Å². The molecule has 0 aliphatic carbocycles. The van der Waals surface area contributed by atoms with E-state index in [0.717, 1.165) is 6.42 Å². The van der Waals surface area contributed by atoms with Crippen molar-refractivity contribution in [3.63, 3.8) is 0 Å². The van der Waals surface area contributed by atoms with E-state index >= 15 is 0 Å². The van der Waals surface area contributed by atoms with E-state index in [1.165, 1.54) is 6.08 Å². The van der Waals surface area contributed by atoms with E-state index in [1.54, 1.807) is 0 Å². The first-order valence-corrected chi connectivity index (χ1v) is 7.94. The third kappa shape index (κ3) is 5.14. The average Bonchev–Trinajstić information content (AvgIpc) is 2.50. The average molecular weight is 312 g/mol. The van der Waals surface area contributed by atoms with Gasteiger partial charge in [0, 0.05) is 19.1 Å². The van der Waals surface area contributed by atoms with Crippen LogP contribution in [0.15, 0.2) is 24.5 Å². The normalized spacial score (nSPS) is 24.6. The fourth-order valence-corrected chi connectivity index (χ4v) is 2.72. The summed E-state index contributed by atoms with van der Waals surface area (Å²) in [6, 6.07) is 0. The van der Waals surface area contributed by atoms with E-state index in [1.807, 2.05) is 13.0 Å². The molecule has 0 radical (unpaired) electrons. The first kappa shape index (κ1) is 18.7. The Balaban J connectivity index is 2.95. The fraction of sp³-hybridized carbons (Fsp3) is 0.706. The molecule has 126 valence electrons. The van der Waals surface area contributed by atoms with Crippen molar-refractivity contribution in [2.75, 3.05) is 19.8 Å². The Morgan fingerprint density at radius 1 is 1.55 bits per heavy atom. The minimum atomic E-state index is -0.490. The van der Waals surface area contributed by atoms with Crippen LogP contribution in [0.25, 0.3) is 0 Å². The molecule has 0 saturated heterocycles. The Labute approximate surface area is 132 Å². The summed E-state index contributed by atoms with van der Waals surface area (Å²) >= 11 is 0. The lowest BCUT2D eigenvalue weighted by Crippen LogP contribution is -2.39. The van der Waals surface area contributed by atoms with Crippen molar-refractivity contribution in [1.82, 2.24) is 0 Å². The van der Waals surface area contributed by atoms with Gasteiger partial charge in [-0.15, -0.1) is 0 Å². The van der Waals surface area contributed by atoms with Gasteiger partial charge in [-0.2, -0.15) is 0 Å². The highest BCUT2D eigenvalue weighted by Crippen LogP contribution is 2.37. The van der Waals surface area contributed by atoms with Gasteiger partial charge in [-0.3, -0.25) is 0 Å². The monoisotopic (exact) mass is 312 g/mol. The zero-order chi connectivity index (χ0) is 16.5. The van der Waals surface area contributed by atoms with Gasteiger partial charge < -0.3 is 19.3 Å². The molecule has 1 rings (SSSR count). The molecule has 1 aliphatic heterocycles. The third-order valence-corrected chi connectivity index (χ3v) is 3.76. The van der Waals surface area contributed by atoms with Gasteiger partial charge in [0.15, 0.2) is 0 Å². The molecule has 0 fully saturated rings. The summed E-state index contributed by atoms with van der Waals surface area (Å²) in [5.74, 6) is 0.305. The standard InChI is InChI=1S/C17H28O5/c1-5-10-21-16(19)15-11-14(12(3)4)13(8-7-9-18)17(22-15)20-6-2/h5,11-14,17-18H,1,6-10H2,2-4H3/t13-,14-,17-/m0/s1. The lowest BCUT2D eigenvalue weighted by molar-refractivity contribution is -0.182. The van der Waals surface area contributed by atoms with Crippen molar-refractivity contribution in [1.29, 1.82) is 0 Å². The molecule has 0 bridgehead atoms. The second kappa shape index (κ2) is 9.64. The van der Waals surface area contributed by atoms with Crippen molar-refractivity contribution in [2.45, 2.75) is 39.9 Å². The Morgan fingerprint density at radius 2 is 2.27 bits per heavy atom. The summed E-state index contributed by atoms with van der Waals surface area (Å²) in [6.45, 7) is 10.4. The van der Waals surface area contributed by atoms with Crippen LogP contribution < -0.4 is 0 Å². The smallest absolute Gasteiger partial charge is 0.373 e. The number of carbonyl (C=O) groups excluding carboxylic acids is 1. The molecule has 0 aromatic rings. The molecule has 0 aromatic carbocycles. The summed E-state index contributed by atoms with van der Waals surface area (Å²) in [7, 11) is 0. The summed E-state index contributed by atoms with van der Waals surface area (Å²) < 4.78 is 16.5. The minimum Gasteiger partial charge on any atom is -0.457 e. The molecule has 0 spiro atoms. The van der Waals surface area contributed by atoms with E-state index in [0.29, 0.717) is 18.9 Å². The van der Waals surface area contributed by atoms with Crippen LogP contribution in [0.1, 0.15) is 33.6 Å². The molecular formula is C17H28O5.